The summed E-state index contributed by atoms with van der Waals surface area (Å²) in [5, 5.41) is 5.99. The molecule has 43 heavy (non-hydrogen) atoms. The zero-order valence-corrected chi connectivity index (χ0v) is 28.5. The molecule has 2 N–H and O–H groups in total. The van der Waals surface area contributed by atoms with Crippen molar-refractivity contribution in [3.8, 4) is 0 Å². The van der Waals surface area contributed by atoms with E-state index >= 15 is 0 Å². The van der Waals surface area contributed by atoms with Crippen LogP contribution in [0.25, 0.3) is 0 Å². The van der Waals surface area contributed by atoms with E-state index in [1.807, 2.05) is 0 Å². The normalized spacial score (nSPS) is 12.0. The van der Waals surface area contributed by atoms with Gasteiger partial charge in [0.1, 0.15) is 0 Å². The average molecular weight is 599 g/mol. The highest BCUT2D eigenvalue weighted by molar-refractivity contribution is 5.76. The van der Waals surface area contributed by atoms with Crippen LogP contribution in [0.4, 0.5) is 0 Å². The maximum Gasteiger partial charge on any atom is 0.219 e. The number of amides is 2. The Morgan fingerprint density at radius 3 is 1.09 bits per heavy atom. The number of carbonyl (C=O) groups excluding carboxylic acids is 2. The first kappa shape index (κ1) is 40.9. The second-order valence-electron chi connectivity index (χ2n) is 12.0. The summed E-state index contributed by atoms with van der Waals surface area (Å²) in [4.78, 5) is 24.0. The molecular formula is C39H70N2O2. The van der Waals surface area contributed by atoms with Gasteiger partial charge in [0.05, 0.1) is 0 Å². The summed E-state index contributed by atoms with van der Waals surface area (Å²) in [5.74, 6) is 0.282. The van der Waals surface area contributed by atoms with Gasteiger partial charge in [-0.1, -0.05) is 127 Å². The van der Waals surface area contributed by atoms with Crippen molar-refractivity contribution in [1.29, 1.82) is 0 Å². The highest BCUT2D eigenvalue weighted by Crippen LogP contribution is 2.09. The van der Waals surface area contributed by atoms with Crippen LogP contribution in [0.2, 0.25) is 0 Å². The van der Waals surface area contributed by atoms with Crippen LogP contribution in [-0.4, -0.2) is 24.9 Å². The molecule has 0 aliphatic heterocycles. The van der Waals surface area contributed by atoms with Gasteiger partial charge in [0.15, 0.2) is 0 Å². The third kappa shape index (κ3) is 36.0. The first-order chi connectivity index (χ1) is 21.2. The van der Waals surface area contributed by atoms with E-state index in [2.05, 4.69) is 73.1 Å². The lowest BCUT2D eigenvalue weighted by atomic mass is 10.1. The fourth-order valence-electron chi connectivity index (χ4n) is 4.91. The third-order valence-electron chi connectivity index (χ3n) is 7.71. The molecule has 0 aromatic carbocycles. The van der Waals surface area contributed by atoms with Crippen LogP contribution >= 0.6 is 0 Å². The number of carbonyl (C=O) groups is 2. The van der Waals surface area contributed by atoms with E-state index in [1.165, 1.54) is 89.9 Å². The van der Waals surface area contributed by atoms with Crippen molar-refractivity contribution in [2.45, 2.75) is 174 Å². The molecule has 0 atom stereocenters. The van der Waals surface area contributed by atoms with Gasteiger partial charge in [-0.15, -0.1) is 0 Å². The molecular weight excluding hydrogens is 528 g/mol. The average Bonchev–Trinajstić information content (AvgIpc) is 3.00. The van der Waals surface area contributed by atoms with Crippen molar-refractivity contribution >= 4 is 11.8 Å². The largest absolute Gasteiger partial charge is 0.356 e. The molecule has 0 rings (SSSR count). The lowest BCUT2D eigenvalue weighted by Gasteiger charge is -2.07. The minimum absolute atomic E-state index is 0.141. The fraction of sp³-hybridized carbons (Fsp3) is 0.744. The Bertz CT molecular complexity index is 663. The smallest absolute Gasteiger partial charge is 0.219 e. The van der Waals surface area contributed by atoms with Crippen LogP contribution in [0.3, 0.4) is 0 Å². The maximum atomic E-state index is 12.0. The fourth-order valence-corrected chi connectivity index (χ4v) is 4.91. The van der Waals surface area contributed by atoms with Gasteiger partial charge in [0.25, 0.3) is 0 Å². The molecule has 4 nitrogen and oxygen atoms in total. The van der Waals surface area contributed by atoms with Gasteiger partial charge in [0, 0.05) is 25.9 Å². The van der Waals surface area contributed by atoms with Gasteiger partial charge in [-0.25, -0.2) is 0 Å². The summed E-state index contributed by atoms with van der Waals surface area (Å²) in [6.07, 6.45) is 46.7. The second-order valence-corrected chi connectivity index (χ2v) is 12.0. The molecule has 0 aromatic rings. The van der Waals surface area contributed by atoms with Crippen molar-refractivity contribution in [2.75, 3.05) is 13.1 Å². The van der Waals surface area contributed by atoms with Crippen molar-refractivity contribution in [1.82, 2.24) is 10.6 Å². The summed E-state index contributed by atoms with van der Waals surface area (Å²) in [7, 11) is 0. The minimum atomic E-state index is 0.141. The molecule has 0 radical (unpaired) electrons. The van der Waals surface area contributed by atoms with Gasteiger partial charge in [0.2, 0.25) is 11.8 Å². The van der Waals surface area contributed by atoms with Crippen molar-refractivity contribution in [3.63, 3.8) is 0 Å². The minimum Gasteiger partial charge on any atom is -0.356 e. The van der Waals surface area contributed by atoms with E-state index in [0.29, 0.717) is 25.9 Å². The quantitative estimate of drug-likeness (QED) is 0.0597. The Balaban J connectivity index is 3.38. The molecule has 0 saturated carbocycles. The predicted octanol–water partition coefficient (Wildman–Crippen LogP) is 11.2. The Kier molecular flexibility index (Phi) is 34.3. The highest BCUT2D eigenvalue weighted by Gasteiger charge is 2.03. The van der Waals surface area contributed by atoms with Crippen molar-refractivity contribution < 1.29 is 9.59 Å². The number of hydrogen-bond donors (Lipinski definition) is 2. The van der Waals surface area contributed by atoms with Crippen molar-refractivity contribution in [3.05, 3.63) is 48.6 Å². The van der Waals surface area contributed by atoms with E-state index in [0.717, 1.165) is 57.8 Å². The van der Waals surface area contributed by atoms with E-state index < -0.39 is 0 Å². The molecule has 0 heterocycles. The second kappa shape index (κ2) is 36.1. The maximum absolute atomic E-state index is 12.0. The molecule has 0 unspecified atom stereocenters. The molecule has 0 aliphatic carbocycles. The standard InChI is InChI=1S/C39H70N2O2/c1-3-5-7-9-11-13-15-17-19-21-23-25-27-29-31-34-38(42)40-36-33-37-41-39(43)35-32-30-28-26-24-22-20-18-16-14-12-10-8-6-4-2/h11-14,17-20H,3-10,15-16,21-37H2,1-2H3,(H,40,42)(H,41,43)/b13-11-,14-12-,19-17-,20-18-. The van der Waals surface area contributed by atoms with Crippen LogP contribution in [0.15, 0.2) is 48.6 Å². The van der Waals surface area contributed by atoms with Gasteiger partial charge >= 0.3 is 0 Å². The number of unbranched alkanes of at least 4 members (excludes halogenated alkanes) is 16. The van der Waals surface area contributed by atoms with Crippen LogP contribution in [0, 0.1) is 0 Å². The zero-order chi connectivity index (χ0) is 31.3. The highest BCUT2D eigenvalue weighted by atomic mass is 16.2. The summed E-state index contributed by atoms with van der Waals surface area (Å²) in [6, 6.07) is 0. The molecule has 4 heteroatoms. The lowest BCUT2D eigenvalue weighted by Crippen LogP contribution is -2.29. The number of nitrogens with one attached hydrogen (secondary N) is 2. The molecule has 0 aliphatic rings. The summed E-state index contributed by atoms with van der Waals surface area (Å²) < 4.78 is 0. The summed E-state index contributed by atoms with van der Waals surface area (Å²) in [6.45, 7) is 5.78. The van der Waals surface area contributed by atoms with Crippen LogP contribution < -0.4 is 10.6 Å². The molecule has 0 bridgehead atoms. The number of rotatable bonds is 32. The number of allylic oxidation sites excluding steroid dienone is 8. The van der Waals surface area contributed by atoms with Crippen LogP contribution in [0.5, 0.6) is 0 Å². The Morgan fingerprint density at radius 1 is 0.395 bits per heavy atom. The number of hydrogen-bond acceptors (Lipinski definition) is 2. The zero-order valence-electron chi connectivity index (χ0n) is 28.5. The molecule has 248 valence electrons. The van der Waals surface area contributed by atoms with Gasteiger partial charge in [-0.3, -0.25) is 9.59 Å². The Hall–Kier alpha value is -2.10. The van der Waals surface area contributed by atoms with Gasteiger partial charge in [-0.05, 0) is 83.5 Å². The SMILES string of the molecule is CCCCC/C=C\C/C=C\CCCCCCCC(=O)NCCCNC(=O)CCCCCCC/C=C\C/C=C\CCCCC. The molecule has 0 fully saturated rings. The predicted molar refractivity (Wildman–Crippen MR) is 189 cm³/mol. The molecule has 2 amide bonds. The van der Waals surface area contributed by atoms with Gasteiger partial charge in [-0.2, -0.15) is 0 Å². The van der Waals surface area contributed by atoms with E-state index in [4.69, 9.17) is 0 Å². The van der Waals surface area contributed by atoms with E-state index in [-0.39, 0.29) is 11.8 Å². The monoisotopic (exact) mass is 599 g/mol. The summed E-state index contributed by atoms with van der Waals surface area (Å²) in [5.41, 5.74) is 0. The van der Waals surface area contributed by atoms with Gasteiger partial charge < -0.3 is 10.6 Å². The third-order valence-corrected chi connectivity index (χ3v) is 7.71. The Morgan fingerprint density at radius 2 is 0.721 bits per heavy atom. The lowest BCUT2D eigenvalue weighted by molar-refractivity contribution is -0.121. The molecule has 0 saturated heterocycles. The Labute approximate surface area is 267 Å². The first-order valence-corrected chi connectivity index (χ1v) is 18.3. The molecule has 0 spiro atoms. The summed E-state index contributed by atoms with van der Waals surface area (Å²) >= 11 is 0. The van der Waals surface area contributed by atoms with Crippen LogP contribution in [0.1, 0.15) is 174 Å². The van der Waals surface area contributed by atoms with E-state index in [1.54, 1.807) is 0 Å². The van der Waals surface area contributed by atoms with E-state index in [9.17, 15) is 9.59 Å². The first-order valence-electron chi connectivity index (χ1n) is 18.3. The topological polar surface area (TPSA) is 58.2 Å². The van der Waals surface area contributed by atoms with Crippen LogP contribution in [-0.2, 0) is 9.59 Å². The van der Waals surface area contributed by atoms with Crippen molar-refractivity contribution in [2.24, 2.45) is 0 Å². The molecule has 0 aromatic heterocycles.